The number of hydrogen-bond donors (Lipinski definition) is 0. The van der Waals surface area contributed by atoms with Gasteiger partial charge in [-0.15, -0.1) is 11.3 Å². The first kappa shape index (κ1) is 18.3. The van der Waals surface area contributed by atoms with Crippen LogP contribution < -0.4 is 4.90 Å². The van der Waals surface area contributed by atoms with Crippen molar-refractivity contribution in [1.29, 1.82) is 0 Å². The number of imide groups is 1. The van der Waals surface area contributed by atoms with Crippen LogP contribution in [0.1, 0.15) is 15.2 Å². The van der Waals surface area contributed by atoms with E-state index >= 15 is 0 Å². The summed E-state index contributed by atoms with van der Waals surface area (Å²) in [6, 6.07) is 10.4. The lowest BCUT2D eigenvalue weighted by Gasteiger charge is -2.36. The molecule has 0 bridgehead atoms. The van der Waals surface area contributed by atoms with Gasteiger partial charge in [0.2, 0.25) is 11.8 Å². The highest BCUT2D eigenvalue weighted by Gasteiger charge is 2.63. The molecule has 148 valence electrons. The molecular weight excluding hydrogens is 388 g/mol. The molecule has 0 radical (unpaired) electrons. The minimum atomic E-state index is -0.696. The van der Waals surface area contributed by atoms with E-state index in [2.05, 4.69) is 0 Å². The Balaban J connectivity index is 1.62. The first-order valence-corrected chi connectivity index (χ1v) is 10.5. The average molecular weight is 408 g/mol. The van der Waals surface area contributed by atoms with Gasteiger partial charge < -0.3 is 9.64 Å². The summed E-state index contributed by atoms with van der Waals surface area (Å²) >= 11 is 1.37. The van der Waals surface area contributed by atoms with Gasteiger partial charge in [0.15, 0.2) is 5.78 Å². The number of para-hydroxylation sites is 1. The van der Waals surface area contributed by atoms with Crippen molar-refractivity contribution in [3.05, 3.63) is 58.3 Å². The van der Waals surface area contributed by atoms with E-state index in [0.717, 1.165) is 11.3 Å². The largest absolute Gasteiger partial charge is 0.383 e. The summed E-state index contributed by atoms with van der Waals surface area (Å²) in [5.41, 5.74) is 1.89. The Morgan fingerprint density at radius 3 is 2.66 bits per heavy atom. The number of Topliss-reactive ketones (excluding diaryl/α,β-unsaturated/α-hetero) is 1. The Morgan fingerprint density at radius 1 is 1.10 bits per heavy atom. The number of benzene rings is 1. The normalized spacial score (nSPS) is 27.2. The van der Waals surface area contributed by atoms with E-state index in [4.69, 9.17) is 4.74 Å². The molecule has 2 amide bonds. The van der Waals surface area contributed by atoms with Gasteiger partial charge in [0.25, 0.3) is 0 Å². The van der Waals surface area contributed by atoms with Gasteiger partial charge in [0.1, 0.15) is 6.04 Å². The number of hydrogen-bond acceptors (Lipinski definition) is 6. The second-order valence-corrected chi connectivity index (χ2v) is 8.42. The van der Waals surface area contributed by atoms with Gasteiger partial charge in [-0.05, 0) is 23.1 Å². The number of anilines is 1. The third kappa shape index (κ3) is 2.61. The first-order valence-electron chi connectivity index (χ1n) is 9.61. The van der Waals surface area contributed by atoms with E-state index in [0.29, 0.717) is 4.88 Å². The van der Waals surface area contributed by atoms with Crippen molar-refractivity contribution in [2.45, 2.75) is 12.1 Å². The van der Waals surface area contributed by atoms with Gasteiger partial charge in [-0.3, -0.25) is 19.3 Å². The van der Waals surface area contributed by atoms with Crippen molar-refractivity contribution in [3.8, 4) is 0 Å². The van der Waals surface area contributed by atoms with Crippen LogP contribution in [0.15, 0.2) is 47.9 Å². The maximum atomic E-state index is 13.5. The monoisotopic (exact) mass is 408 g/mol. The fourth-order valence-corrected chi connectivity index (χ4v) is 5.54. The zero-order chi connectivity index (χ0) is 20.1. The van der Waals surface area contributed by atoms with Gasteiger partial charge in [-0.1, -0.05) is 36.4 Å². The minimum Gasteiger partial charge on any atom is -0.383 e. The second-order valence-electron chi connectivity index (χ2n) is 7.47. The van der Waals surface area contributed by atoms with Crippen molar-refractivity contribution < 1.29 is 19.1 Å². The molecule has 2 aromatic rings. The van der Waals surface area contributed by atoms with Crippen LogP contribution in [-0.4, -0.2) is 54.8 Å². The van der Waals surface area contributed by atoms with E-state index in [1.807, 2.05) is 52.8 Å². The number of carbonyl (C=O) groups excluding carboxylic acids is 3. The number of ketones is 1. The molecule has 0 N–H and O–H groups in total. The predicted octanol–water partition coefficient (Wildman–Crippen LogP) is 2.46. The van der Waals surface area contributed by atoms with Crippen molar-refractivity contribution in [2.75, 3.05) is 25.2 Å². The molecule has 0 saturated carbocycles. The summed E-state index contributed by atoms with van der Waals surface area (Å²) in [4.78, 5) is 43.9. The zero-order valence-electron chi connectivity index (χ0n) is 15.9. The van der Waals surface area contributed by atoms with Gasteiger partial charge in [-0.25, -0.2) is 0 Å². The van der Waals surface area contributed by atoms with Crippen LogP contribution in [0.25, 0.3) is 6.08 Å². The molecule has 4 atom stereocenters. The number of fused-ring (bicyclic) bond motifs is 5. The highest BCUT2D eigenvalue weighted by atomic mass is 32.1. The summed E-state index contributed by atoms with van der Waals surface area (Å²) in [6.07, 6.45) is 3.95. The molecule has 0 unspecified atom stereocenters. The molecule has 0 aliphatic carbocycles. The smallest absolute Gasteiger partial charge is 0.235 e. The van der Waals surface area contributed by atoms with Gasteiger partial charge in [-0.2, -0.15) is 0 Å². The van der Waals surface area contributed by atoms with Crippen LogP contribution in [0.3, 0.4) is 0 Å². The number of rotatable bonds is 5. The second kappa shape index (κ2) is 6.93. The van der Waals surface area contributed by atoms with E-state index in [1.54, 1.807) is 6.07 Å². The molecule has 6 nitrogen and oxygen atoms in total. The van der Waals surface area contributed by atoms with Gasteiger partial charge >= 0.3 is 0 Å². The molecule has 7 heteroatoms. The molecular formula is C22H20N2O4S. The molecule has 3 aliphatic rings. The third-order valence-electron chi connectivity index (χ3n) is 6.06. The van der Waals surface area contributed by atoms with Crippen LogP contribution in [0, 0.1) is 11.8 Å². The van der Waals surface area contributed by atoms with Crippen LogP contribution in [0.5, 0.6) is 0 Å². The van der Waals surface area contributed by atoms with E-state index in [-0.39, 0.29) is 36.8 Å². The number of ether oxygens (including phenoxy) is 1. The Kier molecular flexibility index (Phi) is 4.37. The van der Waals surface area contributed by atoms with Gasteiger partial charge in [0, 0.05) is 12.8 Å². The maximum Gasteiger partial charge on any atom is 0.235 e. The molecule has 1 aromatic carbocycles. The number of thiophene rings is 1. The molecule has 1 aromatic heterocycles. The number of nitrogens with zero attached hydrogens (tertiary/aromatic N) is 2. The summed E-state index contributed by atoms with van der Waals surface area (Å²) in [5.74, 6) is -1.82. The predicted molar refractivity (Wildman–Crippen MR) is 110 cm³/mol. The first-order chi connectivity index (χ1) is 14.1. The topological polar surface area (TPSA) is 66.9 Å². The lowest BCUT2D eigenvalue weighted by Crippen LogP contribution is -2.49. The Hall–Kier alpha value is -2.77. The SMILES string of the molecule is COCCN1C(=O)[C@@H]2[C@@H](C1=O)[C@@H]1C=Cc3ccccc3N1[C@@H]2C(=O)c1cccs1. The number of methoxy groups -OCH3 is 1. The number of carbonyl (C=O) groups is 3. The minimum absolute atomic E-state index is 0.0997. The van der Waals surface area contributed by atoms with Crippen LogP contribution in [0.4, 0.5) is 5.69 Å². The highest BCUT2D eigenvalue weighted by molar-refractivity contribution is 7.12. The quantitative estimate of drug-likeness (QED) is 0.562. The van der Waals surface area contributed by atoms with Crippen LogP contribution in [0.2, 0.25) is 0 Å². The Labute approximate surface area is 172 Å². The van der Waals surface area contributed by atoms with Crippen molar-refractivity contribution >= 4 is 40.7 Å². The van der Waals surface area contributed by atoms with Gasteiger partial charge in [0.05, 0.1) is 35.9 Å². The molecule has 5 rings (SSSR count). The fraction of sp³-hybridized carbons (Fsp3) is 0.318. The van der Waals surface area contributed by atoms with E-state index in [9.17, 15) is 14.4 Å². The van der Waals surface area contributed by atoms with Crippen LogP contribution in [-0.2, 0) is 14.3 Å². The summed E-state index contributed by atoms with van der Waals surface area (Å²) < 4.78 is 5.07. The molecule has 29 heavy (non-hydrogen) atoms. The van der Waals surface area contributed by atoms with E-state index in [1.165, 1.54) is 23.3 Å². The average Bonchev–Trinajstić information content (AvgIpc) is 3.44. The van der Waals surface area contributed by atoms with Crippen LogP contribution >= 0.6 is 11.3 Å². The fourth-order valence-electron chi connectivity index (χ4n) is 4.84. The molecule has 3 aliphatic heterocycles. The highest BCUT2D eigenvalue weighted by Crippen LogP contribution is 2.49. The Morgan fingerprint density at radius 2 is 1.90 bits per heavy atom. The molecule has 2 fully saturated rings. The molecule has 2 saturated heterocycles. The van der Waals surface area contributed by atoms with Crippen molar-refractivity contribution in [1.82, 2.24) is 4.90 Å². The van der Waals surface area contributed by atoms with Crippen molar-refractivity contribution in [2.24, 2.45) is 11.8 Å². The zero-order valence-corrected chi connectivity index (χ0v) is 16.7. The third-order valence-corrected chi connectivity index (χ3v) is 6.94. The maximum absolute atomic E-state index is 13.5. The standard InChI is InChI=1S/C22H20N2O4S/c1-28-11-10-23-21(26)17-15-9-8-13-5-2-3-6-14(13)24(15)19(18(17)22(23)27)20(25)16-7-4-12-29-16/h2-9,12,15,17-19H,10-11H2,1H3/t15-,17-,18+,19-/m0/s1. The molecule has 4 heterocycles. The van der Waals surface area contributed by atoms with Crippen molar-refractivity contribution in [3.63, 3.8) is 0 Å². The van der Waals surface area contributed by atoms with E-state index < -0.39 is 17.9 Å². The summed E-state index contributed by atoms with van der Waals surface area (Å²) in [6.45, 7) is 0.502. The number of likely N-dealkylation sites (tertiary alicyclic amines) is 1. The summed E-state index contributed by atoms with van der Waals surface area (Å²) in [7, 11) is 1.54. The Bertz CT molecular complexity index is 1020. The summed E-state index contributed by atoms with van der Waals surface area (Å²) in [5, 5.41) is 1.85. The lowest BCUT2D eigenvalue weighted by atomic mass is 9.87. The lowest BCUT2D eigenvalue weighted by molar-refractivity contribution is -0.141. The molecule has 0 spiro atoms. The number of amides is 2.